The molecule has 7 heteroatoms. The number of carbonyl (C=O) groups is 1. The van der Waals surface area contributed by atoms with Crippen molar-refractivity contribution in [3.63, 3.8) is 0 Å². The van der Waals surface area contributed by atoms with Gasteiger partial charge in [-0.3, -0.25) is 10.1 Å². The van der Waals surface area contributed by atoms with Gasteiger partial charge in [-0.2, -0.15) is 0 Å². The van der Waals surface area contributed by atoms with Crippen LogP contribution in [0.3, 0.4) is 0 Å². The van der Waals surface area contributed by atoms with Crippen molar-refractivity contribution in [1.29, 1.82) is 0 Å². The number of amides is 1. The van der Waals surface area contributed by atoms with Crippen LogP contribution in [0, 0.1) is 13.8 Å². The maximum absolute atomic E-state index is 12.0. The van der Waals surface area contributed by atoms with Gasteiger partial charge in [0, 0.05) is 10.0 Å². The third kappa shape index (κ3) is 4.64. The fourth-order valence-corrected chi connectivity index (χ4v) is 3.11. The van der Waals surface area contributed by atoms with Gasteiger partial charge in [-0.15, -0.1) is 10.2 Å². The molecule has 1 aromatic heterocycles. The minimum Gasteiger partial charge on any atom is -0.484 e. The van der Waals surface area contributed by atoms with Gasteiger partial charge in [0.15, 0.2) is 6.61 Å². The zero-order valence-electron chi connectivity index (χ0n) is 13.7. The van der Waals surface area contributed by atoms with E-state index in [0.29, 0.717) is 10.9 Å². The Kier molecular flexibility index (Phi) is 5.45. The van der Waals surface area contributed by atoms with Gasteiger partial charge in [-0.1, -0.05) is 57.1 Å². The summed E-state index contributed by atoms with van der Waals surface area (Å²) in [6.45, 7) is 3.91. The number of hydrogen-bond donors (Lipinski definition) is 1. The molecule has 1 N–H and O–H groups in total. The normalized spacial score (nSPS) is 10.5. The van der Waals surface area contributed by atoms with E-state index in [4.69, 9.17) is 4.74 Å². The van der Waals surface area contributed by atoms with E-state index in [1.165, 1.54) is 16.9 Å². The van der Waals surface area contributed by atoms with Crippen LogP contribution in [0.4, 0.5) is 5.13 Å². The highest BCUT2D eigenvalue weighted by atomic mass is 79.9. The Hall–Kier alpha value is -2.25. The lowest BCUT2D eigenvalue weighted by atomic mass is 10.2. The minimum atomic E-state index is -0.271. The highest BCUT2D eigenvalue weighted by Crippen LogP contribution is 2.26. The third-order valence-corrected chi connectivity index (χ3v) is 5.25. The first-order valence-corrected chi connectivity index (χ1v) is 9.21. The van der Waals surface area contributed by atoms with Gasteiger partial charge in [0.2, 0.25) is 5.13 Å². The monoisotopic (exact) mass is 417 g/mol. The van der Waals surface area contributed by atoms with Crippen LogP contribution in [0.15, 0.2) is 46.9 Å². The van der Waals surface area contributed by atoms with E-state index >= 15 is 0 Å². The van der Waals surface area contributed by atoms with Gasteiger partial charge in [-0.25, -0.2) is 0 Å². The average molecular weight is 418 g/mol. The van der Waals surface area contributed by atoms with Crippen molar-refractivity contribution < 1.29 is 9.53 Å². The summed E-state index contributed by atoms with van der Waals surface area (Å²) in [5.74, 6) is 0.376. The molecule has 0 spiro atoms. The zero-order chi connectivity index (χ0) is 17.8. The lowest BCUT2D eigenvalue weighted by Crippen LogP contribution is -2.20. The molecule has 0 saturated carbocycles. The molecule has 128 valence electrons. The quantitative estimate of drug-likeness (QED) is 0.658. The second-order valence-electron chi connectivity index (χ2n) is 5.53. The lowest BCUT2D eigenvalue weighted by Gasteiger charge is -2.07. The molecule has 0 aliphatic rings. The SMILES string of the molecule is Cc1ccc(-c2nnc(NC(=O)COc3ccc(Br)c(C)c3)s2)cc1. The molecule has 5 nitrogen and oxygen atoms in total. The molecular weight excluding hydrogens is 402 g/mol. The first-order valence-electron chi connectivity index (χ1n) is 7.60. The Bertz CT molecular complexity index is 894. The Morgan fingerprint density at radius 1 is 1.16 bits per heavy atom. The molecule has 0 fully saturated rings. The molecule has 2 aromatic carbocycles. The summed E-state index contributed by atoms with van der Waals surface area (Å²) in [5.41, 5.74) is 3.21. The van der Waals surface area contributed by atoms with Crippen LogP contribution in [0.25, 0.3) is 10.6 Å². The van der Waals surface area contributed by atoms with E-state index in [1.807, 2.05) is 56.3 Å². The molecule has 0 atom stereocenters. The van der Waals surface area contributed by atoms with E-state index in [0.717, 1.165) is 20.6 Å². The average Bonchev–Trinajstić information content (AvgIpc) is 3.05. The maximum atomic E-state index is 12.0. The third-order valence-electron chi connectivity index (χ3n) is 3.47. The maximum Gasteiger partial charge on any atom is 0.264 e. The topological polar surface area (TPSA) is 64.1 Å². The van der Waals surface area contributed by atoms with Crippen LogP contribution in [0.1, 0.15) is 11.1 Å². The van der Waals surface area contributed by atoms with Gasteiger partial charge in [0.25, 0.3) is 5.91 Å². The van der Waals surface area contributed by atoms with E-state index < -0.39 is 0 Å². The van der Waals surface area contributed by atoms with Crippen LogP contribution in [-0.2, 0) is 4.79 Å². The van der Waals surface area contributed by atoms with Crippen molar-refractivity contribution in [2.45, 2.75) is 13.8 Å². The van der Waals surface area contributed by atoms with Crippen LogP contribution in [-0.4, -0.2) is 22.7 Å². The summed E-state index contributed by atoms with van der Waals surface area (Å²) in [6.07, 6.45) is 0. The number of nitrogens with zero attached hydrogens (tertiary/aromatic N) is 2. The Morgan fingerprint density at radius 2 is 1.92 bits per heavy atom. The van der Waals surface area contributed by atoms with Crippen LogP contribution in [0.5, 0.6) is 5.75 Å². The van der Waals surface area contributed by atoms with Gasteiger partial charge in [0.05, 0.1) is 0 Å². The highest BCUT2D eigenvalue weighted by Gasteiger charge is 2.10. The number of aromatic nitrogens is 2. The molecule has 0 aliphatic heterocycles. The summed E-state index contributed by atoms with van der Waals surface area (Å²) < 4.78 is 6.51. The summed E-state index contributed by atoms with van der Waals surface area (Å²) in [7, 11) is 0. The smallest absolute Gasteiger partial charge is 0.264 e. The molecule has 0 bridgehead atoms. The molecule has 3 aromatic rings. The predicted octanol–water partition coefficient (Wildman–Crippen LogP) is 4.60. The van der Waals surface area contributed by atoms with Gasteiger partial charge >= 0.3 is 0 Å². The number of rotatable bonds is 5. The number of anilines is 1. The van der Waals surface area contributed by atoms with Crippen molar-refractivity contribution in [3.05, 3.63) is 58.1 Å². The van der Waals surface area contributed by atoms with Crippen molar-refractivity contribution in [2.75, 3.05) is 11.9 Å². The summed E-state index contributed by atoms with van der Waals surface area (Å²) in [4.78, 5) is 12.0. The van der Waals surface area contributed by atoms with E-state index in [-0.39, 0.29) is 12.5 Å². The van der Waals surface area contributed by atoms with E-state index in [9.17, 15) is 4.79 Å². The van der Waals surface area contributed by atoms with Crippen LogP contribution in [0.2, 0.25) is 0 Å². The Morgan fingerprint density at radius 3 is 2.64 bits per heavy atom. The molecule has 0 aliphatic carbocycles. The standard InChI is InChI=1S/C18H16BrN3O2S/c1-11-3-5-13(6-4-11)17-21-22-18(25-17)20-16(23)10-24-14-7-8-15(19)12(2)9-14/h3-9H,10H2,1-2H3,(H,20,22,23). The number of halogens is 1. The number of aryl methyl sites for hydroxylation is 2. The molecular formula is C18H16BrN3O2S. The number of benzene rings is 2. The lowest BCUT2D eigenvalue weighted by molar-refractivity contribution is -0.118. The largest absolute Gasteiger partial charge is 0.484 e. The number of nitrogens with one attached hydrogen (secondary N) is 1. The molecule has 0 radical (unpaired) electrons. The fraction of sp³-hybridized carbons (Fsp3) is 0.167. The van der Waals surface area contributed by atoms with Crippen molar-refractivity contribution in [1.82, 2.24) is 10.2 Å². The second kappa shape index (κ2) is 7.76. The predicted molar refractivity (Wildman–Crippen MR) is 103 cm³/mol. The summed E-state index contributed by atoms with van der Waals surface area (Å²) in [5, 5.41) is 12.1. The molecule has 25 heavy (non-hydrogen) atoms. The fourth-order valence-electron chi connectivity index (χ4n) is 2.10. The highest BCUT2D eigenvalue weighted by molar-refractivity contribution is 9.10. The van der Waals surface area contributed by atoms with Crippen molar-refractivity contribution in [3.8, 4) is 16.3 Å². The molecule has 1 heterocycles. The number of ether oxygens (including phenoxy) is 1. The minimum absolute atomic E-state index is 0.0828. The van der Waals surface area contributed by atoms with Gasteiger partial charge < -0.3 is 4.74 Å². The number of carbonyl (C=O) groups excluding carboxylic acids is 1. The first-order chi connectivity index (χ1) is 12.0. The van der Waals surface area contributed by atoms with E-state index in [2.05, 4.69) is 31.4 Å². The van der Waals surface area contributed by atoms with E-state index in [1.54, 1.807) is 0 Å². The molecule has 0 unspecified atom stereocenters. The molecule has 3 rings (SSSR count). The van der Waals surface area contributed by atoms with Gasteiger partial charge in [-0.05, 0) is 37.6 Å². The zero-order valence-corrected chi connectivity index (χ0v) is 16.1. The Labute approximate surface area is 158 Å². The Balaban J connectivity index is 1.58. The molecule has 0 saturated heterocycles. The van der Waals surface area contributed by atoms with Crippen molar-refractivity contribution >= 4 is 38.3 Å². The number of hydrogen-bond acceptors (Lipinski definition) is 5. The second-order valence-corrected chi connectivity index (χ2v) is 7.36. The summed E-state index contributed by atoms with van der Waals surface area (Å²) >= 11 is 4.76. The first kappa shape index (κ1) is 17.6. The van der Waals surface area contributed by atoms with Crippen LogP contribution >= 0.6 is 27.3 Å². The molecule has 1 amide bonds. The van der Waals surface area contributed by atoms with Gasteiger partial charge in [0.1, 0.15) is 10.8 Å². The summed E-state index contributed by atoms with van der Waals surface area (Å²) in [6, 6.07) is 13.6. The van der Waals surface area contributed by atoms with Crippen molar-refractivity contribution in [2.24, 2.45) is 0 Å². The van der Waals surface area contributed by atoms with Crippen LogP contribution < -0.4 is 10.1 Å².